The summed E-state index contributed by atoms with van der Waals surface area (Å²) in [7, 11) is 0. The van der Waals surface area contributed by atoms with Crippen LogP contribution in [-0.2, 0) is 11.3 Å². The van der Waals surface area contributed by atoms with Crippen LogP contribution in [0.3, 0.4) is 0 Å². The zero-order valence-corrected chi connectivity index (χ0v) is 13.3. The molecule has 6 nitrogen and oxygen atoms in total. The Labute approximate surface area is 139 Å². The predicted octanol–water partition coefficient (Wildman–Crippen LogP) is 2.54. The van der Waals surface area contributed by atoms with E-state index < -0.39 is 0 Å². The Morgan fingerprint density at radius 2 is 2.17 bits per heavy atom. The number of aromatic nitrogens is 1. The largest absolute Gasteiger partial charge is 0.493 e. The first kappa shape index (κ1) is 14.7. The molecule has 6 heteroatoms. The van der Waals surface area contributed by atoms with Crippen LogP contribution in [0.25, 0.3) is 11.1 Å². The number of oxime groups is 1. The summed E-state index contributed by atoms with van der Waals surface area (Å²) in [4.78, 5) is 21.7. The Morgan fingerprint density at radius 1 is 1.25 bits per heavy atom. The van der Waals surface area contributed by atoms with Crippen molar-refractivity contribution in [2.24, 2.45) is 5.16 Å². The molecule has 4 rings (SSSR count). The zero-order valence-electron chi connectivity index (χ0n) is 13.3. The van der Waals surface area contributed by atoms with E-state index in [1.54, 1.807) is 12.4 Å². The second kappa shape index (κ2) is 5.96. The highest BCUT2D eigenvalue weighted by Crippen LogP contribution is 2.30. The van der Waals surface area contributed by atoms with Gasteiger partial charge in [0.2, 0.25) is 0 Å². The van der Waals surface area contributed by atoms with Crippen LogP contribution in [0.1, 0.15) is 29.3 Å². The maximum atomic E-state index is 12.4. The van der Waals surface area contributed by atoms with Gasteiger partial charge in [-0.25, -0.2) is 0 Å². The second-order valence-electron chi connectivity index (χ2n) is 6.00. The molecule has 2 aliphatic rings. The third-order valence-electron chi connectivity index (χ3n) is 4.10. The molecule has 1 aromatic carbocycles. The minimum absolute atomic E-state index is 0.00149. The average Bonchev–Trinajstić information content (AvgIpc) is 3.23. The number of rotatable bonds is 2. The van der Waals surface area contributed by atoms with Gasteiger partial charge in [0.05, 0.1) is 12.2 Å². The van der Waals surface area contributed by atoms with E-state index >= 15 is 0 Å². The summed E-state index contributed by atoms with van der Waals surface area (Å²) in [6, 6.07) is 7.88. The summed E-state index contributed by atoms with van der Waals surface area (Å²) < 4.78 is 5.53. The Morgan fingerprint density at radius 3 is 3.00 bits per heavy atom. The highest BCUT2D eigenvalue weighted by molar-refractivity contribution is 6.06. The lowest BCUT2D eigenvalue weighted by Crippen LogP contribution is -2.30. The lowest BCUT2D eigenvalue weighted by molar-refractivity contribution is 0.0967. The fourth-order valence-corrected chi connectivity index (χ4v) is 2.87. The summed E-state index contributed by atoms with van der Waals surface area (Å²) in [6.45, 7) is 2.63. The molecule has 24 heavy (non-hydrogen) atoms. The highest BCUT2D eigenvalue weighted by atomic mass is 16.6. The number of nitrogens with zero attached hydrogens (tertiary/aromatic N) is 2. The minimum Gasteiger partial charge on any atom is -0.493 e. The van der Waals surface area contributed by atoms with Gasteiger partial charge in [0, 0.05) is 30.8 Å². The van der Waals surface area contributed by atoms with E-state index in [2.05, 4.69) is 21.5 Å². The number of hydrogen-bond acceptors (Lipinski definition) is 5. The maximum absolute atomic E-state index is 12.4. The highest BCUT2D eigenvalue weighted by Gasteiger charge is 2.19. The Balaban J connectivity index is 1.56. The van der Waals surface area contributed by atoms with Gasteiger partial charge in [0.15, 0.2) is 5.84 Å². The van der Waals surface area contributed by atoms with Crippen LogP contribution >= 0.6 is 0 Å². The van der Waals surface area contributed by atoms with Gasteiger partial charge in [0.1, 0.15) is 11.9 Å². The summed E-state index contributed by atoms with van der Waals surface area (Å²) in [5, 5.41) is 6.62. The molecule has 3 heterocycles. The predicted molar refractivity (Wildman–Crippen MR) is 88.9 cm³/mol. The third kappa shape index (κ3) is 2.82. The number of ether oxygens (including phenoxy) is 1. The van der Waals surface area contributed by atoms with Crippen LogP contribution in [0.2, 0.25) is 0 Å². The van der Waals surface area contributed by atoms with Crippen LogP contribution in [0.15, 0.2) is 41.8 Å². The van der Waals surface area contributed by atoms with Crippen molar-refractivity contribution in [2.45, 2.75) is 25.9 Å². The first-order valence-corrected chi connectivity index (χ1v) is 7.94. The molecule has 0 spiro atoms. The average molecular weight is 323 g/mol. The number of hydrogen-bond donors (Lipinski definition) is 1. The van der Waals surface area contributed by atoms with Crippen molar-refractivity contribution in [1.82, 2.24) is 10.3 Å². The van der Waals surface area contributed by atoms with E-state index in [0.29, 0.717) is 17.8 Å². The number of pyridine rings is 1. The fraction of sp³-hybridized carbons (Fsp3) is 0.278. The van der Waals surface area contributed by atoms with Crippen LogP contribution < -0.4 is 10.1 Å². The summed E-state index contributed by atoms with van der Waals surface area (Å²) >= 11 is 0. The van der Waals surface area contributed by atoms with Crippen LogP contribution in [-0.4, -0.2) is 29.4 Å². The molecule has 1 amide bonds. The Bertz CT molecular complexity index is 832. The molecular weight excluding hydrogens is 306 g/mol. The molecule has 1 aromatic heterocycles. The lowest BCUT2D eigenvalue weighted by atomic mass is 10.0. The van der Waals surface area contributed by atoms with E-state index in [1.165, 1.54) is 5.56 Å². The molecule has 2 aliphatic heterocycles. The number of carbonyl (C=O) groups excluding carboxylic acids is 1. The fourth-order valence-electron chi connectivity index (χ4n) is 2.87. The molecule has 1 N–H and O–H groups in total. The van der Waals surface area contributed by atoms with Crippen molar-refractivity contribution in [3.05, 3.63) is 47.8 Å². The first-order chi connectivity index (χ1) is 11.7. The molecule has 0 saturated heterocycles. The van der Waals surface area contributed by atoms with Crippen molar-refractivity contribution in [3.63, 3.8) is 0 Å². The maximum Gasteiger partial charge on any atom is 0.258 e. The van der Waals surface area contributed by atoms with Crippen molar-refractivity contribution < 1.29 is 14.4 Å². The van der Waals surface area contributed by atoms with Gasteiger partial charge in [-0.1, -0.05) is 11.2 Å². The molecule has 0 saturated carbocycles. The second-order valence-corrected chi connectivity index (χ2v) is 6.00. The normalized spacial score (nSPS) is 18.4. The quantitative estimate of drug-likeness (QED) is 0.922. The van der Waals surface area contributed by atoms with Gasteiger partial charge in [-0.05, 0) is 36.2 Å². The van der Waals surface area contributed by atoms with Crippen molar-refractivity contribution in [1.29, 1.82) is 0 Å². The minimum atomic E-state index is -0.231. The van der Waals surface area contributed by atoms with Crippen LogP contribution in [0.4, 0.5) is 0 Å². The van der Waals surface area contributed by atoms with Gasteiger partial charge in [0.25, 0.3) is 5.91 Å². The smallest absolute Gasteiger partial charge is 0.258 e. The molecule has 0 fully saturated rings. The molecule has 1 atom stereocenters. The van der Waals surface area contributed by atoms with Crippen molar-refractivity contribution in [3.8, 4) is 16.9 Å². The van der Waals surface area contributed by atoms with Gasteiger partial charge in [-0.3, -0.25) is 9.78 Å². The van der Waals surface area contributed by atoms with Gasteiger partial charge in [-0.2, -0.15) is 0 Å². The molecule has 0 bridgehead atoms. The van der Waals surface area contributed by atoms with E-state index in [4.69, 9.17) is 9.57 Å². The standard InChI is InChI=1S/C18H17N3O3/c1-11-6-17(21-24-11)20-18(22)15-8-14(9-19-10-15)12-2-3-16-13(7-12)4-5-23-16/h2-3,7-11H,4-6H2,1H3,(H,20,21,22). The van der Waals surface area contributed by atoms with Crippen molar-refractivity contribution >= 4 is 11.7 Å². The number of amides is 1. The topological polar surface area (TPSA) is 72.8 Å². The summed E-state index contributed by atoms with van der Waals surface area (Å²) in [5.41, 5.74) is 3.60. The number of fused-ring (bicyclic) bond motifs is 1. The first-order valence-electron chi connectivity index (χ1n) is 7.94. The van der Waals surface area contributed by atoms with Crippen LogP contribution in [0, 0.1) is 0 Å². The van der Waals surface area contributed by atoms with Crippen molar-refractivity contribution in [2.75, 3.05) is 6.61 Å². The molecule has 1 unspecified atom stereocenters. The van der Waals surface area contributed by atoms with E-state index in [0.717, 1.165) is 29.9 Å². The van der Waals surface area contributed by atoms with E-state index in [-0.39, 0.29) is 12.0 Å². The number of nitrogens with one attached hydrogen (secondary N) is 1. The Hall–Kier alpha value is -2.89. The zero-order chi connectivity index (χ0) is 16.5. The van der Waals surface area contributed by atoms with Gasteiger partial charge < -0.3 is 14.9 Å². The SMILES string of the molecule is CC1CC(NC(=O)c2cncc(-c3ccc4c(c3)CCO4)c2)=NO1. The Kier molecular flexibility index (Phi) is 3.65. The summed E-state index contributed by atoms with van der Waals surface area (Å²) in [6.07, 6.45) is 4.82. The third-order valence-corrected chi connectivity index (χ3v) is 4.10. The number of amidine groups is 1. The molecule has 0 radical (unpaired) electrons. The van der Waals surface area contributed by atoms with Gasteiger partial charge in [-0.15, -0.1) is 0 Å². The monoisotopic (exact) mass is 323 g/mol. The van der Waals surface area contributed by atoms with Crippen LogP contribution in [0.5, 0.6) is 5.75 Å². The molecule has 0 aliphatic carbocycles. The lowest BCUT2D eigenvalue weighted by Gasteiger charge is -2.07. The summed E-state index contributed by atoms with van der Waals surface area (Å²) in [5.74, 6) is 1.26. The van der Waals surface area contributed by atoms with E-state index in [9.17, 15) is 4.79 Å². The molecule has 2 aromatic rings. The molecule has 122 valence electrons. The van der Waals surface area contributed by atoms with Gasteiger partial charge >= 0.3 is 0 Å². The number of benzene rings is 1. The number of carbonyl (C=O) groups is 1. The van der Waals surface area contributed by atoms with E-state index in [1.807, 2.05) is 25.1 Å². The molecular formula is C18H17N3O3.